The van der Waals surface area contributed by atoms with Gasteiger partial charge in [-0.1, -0.05) is 30.3 Å². The Balaban J connectivity index is 1.75. The first-order valence-electron chi connectivity index (χ1n) is 7.46. The minimum Gasteiger partial charge on any atom is -0.378 e. The third kappa shape index (κ3) is 2.88. The Hall–Kier alpha value is -0.940. The number of hydrogen-bond donors (Lipinski definition) is 1. The molecule has 0 amide bonds. The fraction of sp³-hybridized carbons (Fsp3) is 0.625. The molecule has 0 spiro atoms. The molecule has 2 fully saturated rings. The highest BCUT2D eigenvalue weighted by atomic mass is 16.5. The minimum absolute atomic E-state index is 0.121. The zero-order valence-electron chi connectivity index (χ0n) is 12.2. The normalized spacial score (nSPS) is 31.6. The van der Waals surface area contributed by atoms with Crippen LogP contribution in [0.15, 0.2) is 30.3 Å². The summed E-state index contributed by atoms with van der Waals surface area (Å²) in [6, 6.07) is 11.2. The van der Waals surface area contributed by atoms with Crippen LogP contribution in [0.3, 0.4) is 0 Å². The highest BCUT2D eigenvalue weighted by molar-refractivity contribution is 5.20. The van der Waals surface area contributed by atoms with Crippen LogP contribution in [0.2, 0.25) is 0 Å². The van der Waals surface area contributed by atoms with Crippen LogP contribution >= 0.6 is 0 Å². The van der Waals surface area contributed by atoms with Crippen molar-refractivity contribution in [2.24, 2.45) is 0 Å². The van der Waals surface area contributed by atoms with Gasteiger partial charge in [0.1, 0.15) is 5.60 Å². The SMILES string of the molecule is COC1(CN2CCNCC2c2ccccc2)CCOC1. The Morgan fingerprint density at radius 3 is 2.95 bits per heavy atom. The molecule has 2 aliphatic rings. The van der Waals surface area contributed by atoms with E-state index in [-0.39, 0.29) is 5.60 Å². The number of methoxy groups -OCH3 is 1. The molecule has 0 aromatic heterocycles. The van der Waals surface area contributed by atoms with E-state index in [1.165, 1.54) is 5.56 Å². The predicted molar refractivity (Wildman–Crippen MR) is 78.8 cm³/mol. The molecule has 0 aliphatic carbocycles. The first-order chi connectivity index (χ1) is 9.83. The lowest BCUT2D eigenvalue weighted by Crippen LogP contribution is -2.53. The second-order valence-corrected chi connectivity index (χ2v) is 5.79. The summed E-state index contributed by atoms with van der Waals surface area (Å²) < 4.78 is 11.4. The fourth-order valence-electron chi connectivity index (χ4n) is 3.25. The smallest absolute Gasteiger partial charge is 0.106 e. The van der Waals surface area contributed by atoms with Gasteiger partial charge in [-0.05, 0) is 5.56 Å². The van der Waals surface area contributed by atoms with E-state index in [0.717, 1.165) is 45.8 Å². The molecule has 1 N–H and O–H groups in total. The first kappa shape index (κ1) is 14.0. The molecule has 2 aliphatic heterocycles. The number of piperazine rings is 1. The monoisotopic (exact) mass is 276 g/mol. The second kappa shape index (κ2) is 6.22. The van der Waals surface area contributed by atoms with Gasteiger partial charge in [-0.3, -0.25) is 4.90 Å². The number of rotatable bonds is 4. The van der Waals surface area contributed by atoms with Crippen LogP contribution in [0.1, 0.15) is 18.0 Å². The summed E-state index contributed by atoms with van der Waals surface area (Å²) in [7, 11) is 1.81. The van der Waals surface area contributed by atoms with Gasteiger partial charge in [-0.25, -0.2) is 0 Å². The van der Waals surface area contributed by atoms with Crippen molar-refractivity contribution in [3.05, 3.63) is 35.9 Å². The van der Waals surface area contributed by atoms with Crippen molar-refractivity contribution in [1.82, 2.24) is 10.2 Å². The van der Waals surface area contributed by atoms with E-state index in [4.69, 9.17) is 9.47 Å². The van der Waals surface area contributed by atoms with Crippen molar-refractivity contribution < 1.29 is 9.47 Å². The van der Waals surface area contributed by atoms with Gasteiger partial charge in [0.2, 0.25) is 0 Å². The summed E-state index contributed by atoms with van der Waals surface area (Å²) in [5.41, 5.74) is 1.26. The highest BCUT2D eigenvalue weighted by Crippen LogP contribution is 2.29. The lowest BCUT2D eigenvalue weighted by atomic mass is 9.97. The molecule has 2 saturated heterocycles. The van der Waals surface area contributed by atoms with Crippen molar-refractivity contribution in [2.45, 2.75) is 18.1 Å². The van der Waals surface area contributed by atoms with Crippen LogP contribution < -0.4 is 5.32 Å². The molecule has 110 valence electrons. The summed E-state index contributed by atoms with van der Waals surface area (Å²) in [6.07, 6.45) is 0.995. The lowest BCUT2D eigenvalue weighted by Gasteiger charge is -2.41. The van der Waals surface area contributed by atoms with Gasteiger partial charge in [0.15, 0.2) is 0 Å². The van der Waals surface area contributed by atoms with Gasteiger partial charge in [0, 0.05) is 52.4 Å². The molecule has 3 rings (SSSR count). The van der Waals surface area contributed by atoms with Crippen molar-refractivity contribution in [1.29, 1.82) is 0 Å². The van der Waals surface area contributed by atoms with Crippen LogP contribution in [0, 0.1) is 0 Å². The van der Waals surface area contributed by atoms with Gasteiger partial charge in [0.25, 0.3) is 0 Å². The van der Waals surface area contributed by atoms with Gasteiger partial charge in [0.05, 0.1) is 6.61 Å². The molecule has 0 bridgehead atoms. The molecular formula is C16H24N2O2. The molecule has 2 atom stereocenters. The Morgan fingerprint density at radius 2 is 2.25 bits per heavy atom. The molecule has 20 heavy (non-hydrogen) atoms. The third-order valence-electron chi connectivity index (χ3n) is 4.53. The standard InChI is InChI=1S/C16H24N2O2/c1-19-16(7-10-20-13-16)12-18-9-8-17-11-15(18)14-5-3-2-4-6-14/h2-6,15,17H,7-13H2,1H3. The highest BCUT2D eigenvalue weighted by Gasteiger charge is 2.39. The molecule has 4 nitrogen and oxygen atoms in total. The number of hydrogen-bond acceptors (Lipinski definition) is 4. The zero-order chi connectivity index (χ0) is 13.8. The average molecular weight is 276 g/mol. The van der Waals surface area contributed by atoms with Crippen molar-refractivity contribution in [3.8, 4) is 0 Å². The van der Waals surface area contributed by atoms with Gasteiger partial charge in [-0.2, -0.15) is 0 Å². The Bertz CT molecular complexity index is 418. The molecule has 2 heterocycles. The molecule has 0 saturated carbocycles. The molecule has 0 radical (unpaired) electrons. The quantitative estimate of drug-likeness (QED) is 0.902. The Morgan fingerprint density at radius 1 is 1.40 bits per heavy atom. The maximum absolute atomic E-state index is 5.80. The van der Waals surface area contributed by atoms with Crippen molar-refractivity contribution >= 4 is 0 Å². The van der Waals surface area contributed by atoms with Crippen LogP contribution in [-0.2, 0) is 9.47 Å². The summed E-state index contributed by atoms with van der Waals surface area (Å²) in [5.74, 6) is 0. The lowest BCUT2D eigenvalue weighted by molar-refractivity contribution is -0.0520. The summed E-state index contributed by atoms with van der Waals surface area (Å²) >= 11 is 0. The fourth-order valence-corrected chi connectivity index (χ4v) is 3.25. The number of nitrogens with zero attached hydrogens (tertiary/aromatic N) is 1. The Labute approximate surface area is 121 Å². The number of nitrogens with one attached hydrogen (secondary N) is 1. The van der Waals surface area contributed by atoms with Gasteiger partial charge in [-0.15, -0.1) is 0 Å². The molecule has 1 aromatic carbocycles. The molecular weight excluding hydrogens is 252 g/mol. The van der Waals surface area contributed by atoms with Crippen molar-refractivity contribution in [2.75, 3.05) is 46.5 Å². The van der Waals surface area contributed by atoms with Crippen LogP contribution in [-0.4, -0.2) is 57.0 Å². The van der Waals surface area contributed by atoms with E-state index < -0.39 is 0 Å². The van der Waals surface area contributed by atoms with E-state index in [1.54, 1.807) is 0 Å². The zero-order valence-corrected chi connectivity index (χ0v) is 12.2. The maximum Gasteiger partial charge on any atom is 0.106 e. The van der Waals surface area contributed by atoms with E-state index in [9.17, 15) is 0 Å². The summed E-state index contributed by atoms with van der Waals surface area (Å²) in [5, 5.41) is 3.50. The average Bonchev–Trinajstić information content (AvgIpc) is 2.98. The maximum atomic E-state index is 5.80. The van der Waals surface area contributed by atoms with Gasteiger partial charge < -0.3 is 14.8 Å². The third-order valence-corrected chi connectivity index (χ3v) is 4.53. The van der Waals surface area contributed by atoms with Gasteiger partial charge >= 0.3 is 0 Å². The molecule has 4 heteroatoms. The summed E-state index contributed by atoms with van der Waals surface area (Å²) in [4.78, 5) is 2.55. The van der Waals surface area contributed by atoms with Crippen molar-refractivity contribution in [3.63, 3.8) is 0 Å². The van der Waals surface area contributed by atoms with Crippen LogP contribution in [0.25, 0.3) is 0 Å². The van der Waals surface area contributed by atoms with E-state index in [1.807, 2.05) is 7.11 Å². The Kier molecular flexibility index (Phi) is 4.36. The van der Waals surface area contributed by atoms with Crippen LogP contribution in [0.4, 0.5) is 0 Å². The molecule has 1 aromatic rings. The summed E-state index contributed by atoms with van der Waals surface area (Å²) in [6.45, 7) is 5.59. The number of benzene rings is 1. The van der Waals surface area contributed by atoms with E-state index >= 15 is 0 Å². The minimum atomic E-state index is -0.121. The largest absolute Gasteiger partial charge is 0.378 e. The topological polar surface area (TPSA) is 33.7 Å². The second-order valence-electron chi connectivity index (χ2n) is 5.79. The van der Waals surface area contributed by atoms with Crippen LogP contribution in [0.5, 0.6) is 0 Å². The van der Waals surface area contributed by atoms with E-state index in [2.05, 4.69) is 40.5 Å². The first-order valence-corrected chi connectivity index (χ1v) is 7.46. The molecule has 2 unspecified atom stereocenters. The van der Waals surface area contributed by atoms with E-state index in [0.29, 0.717) is 6.04 Å². The predicted octanol–water partition coefficient (Wildman–Crippen LogP) is 1.44. The number of ether oxygens (including phenoxy) is 2.